The molecule has 2 aromatic rings. The predicted molar refractivity (Wildman–Crippen MR) is 104 cm³/mol. The number of benzene rings is 2. The Labute approximate surface area is 153 Å². The number of carbonyl (C=O) groups excluding carboxylic acids is 2. The molecule has 0 atom stereocenters. The van der Waals surface area contributed by atoms with Crippen LogP contribution in [0.15, 0.2) is 91.6 Å². The monoisotopic (exact) mass is 346 g/mol. The normalized spacial score (nSPS) is 10.7. The zero-order valence-electron chi connectivity index (χ0n) is 14.6. The van der Waals surface area contributed by atoms with Crippen molar-refractivity contribution in [2.45, 2.75) is 13.1 Å². The number of hydrogen-bond donors (Lipinski definition) is 2. The fourth-order valence-corrected chi connectivity index (χ4v) is 2.37. The van der Waals surface area contributed by atoms with Gasteiger partial charge in [0.25, 0.3) is 11.8 Å². The van der Waals surface area contributed by atoms with Gasteiger partial charge in [0, 0.05) is 24.2 Å². The molecule has 0 saturated heterocycles. The van der Waals surface area contributed by atoms with Gasteiger partial charge in [-0.3, -0.25) is 9.59 Å². The smallest absolute Gasteiger partial charge is 0.251 e. The van der Waals surface area contributed by atoms with Gasteiger partial charge >= 0.3 is 0 Å². The van der Waals surface area contributed by atoms with Gasteiger partial charge < -0.3 is 10.6 Å². The van der Waals surface area contributed by atoms with Gasteiger partial charge in [0.15, 0.2) is 0 Å². The summed E-state index contributed by atoms with van der Waals surface area (Å²) in [6.45, 7) is 8.01. The third-order valence-electron chi connectivity index (χ3n) is 3.71. The van der Waals surface area contributed by atoms with E-state index in [0.29, 0.717) is 24.2 Å². The van der Waals surface area contributed by atoms with E-state index in [1.54, 1.807) is 24.3 Å². The van der Waals surface area contributed by atoms with Crippen molar-refractivity contribution in [2.75, 3.05) is 0 Å². The molecule has 2 aromatic carbocycles. The summed E-state index contributed by atoms with van der Waals surface area (Å²) in [5.41, 5.74) is 3.01. The Hall–Kier alpha value is -3.40. The first-order valence-electron chi connectivity index (χ1n) is 8.28. The molecule has 0 spiro atoms. The van der Waals surface area contributed by atoms with E-state index in [1.807, 2.05) is 42.5 Å². The molecule has 0 aliphatic heterocycles. The maximum atomic E-state index is 12.1. The van der Waals surface area contributed by atoms with Crippen molar-refractivity contribution in [3.05, 3.63) is 108 Å². The van der Waals surface area contributed by atoms with Crippen LogP contribution in [0.1, 0.15) is 21.5 Å². The van der Waals surface area contributed by atoms with Crippen LogP contribution in [0.3, 0.4) is 0 Å². The van der Waals surface area contributed by atoms with Crippen molar-refractivity contribution in [1.29, 1.82) is 0 Å². The summed E-state index contributed by atoms with van der Waals surface area (Å²) < 4.78 is 0. The van der Waals surface area contributed by atoms with E-state index >= 15 is 0 Å². The quantitative estimate of drug-likeness (QED) is 0.567. The second-order valence-electron chi connectivity index (χ2n) is 5.61. The number of amides is 2. The van der Waals surface area contributed by atoms with E-state index in [4.69, 9.17) is 0 Å². The third-order valence-corrected chi connectivity index (χ3v) is 3.71. The molecule has 26 heavy (non-hydrogen) atoms. The highest BCUT2D eigenvalue weighted by molar-refractivity contribution is 5.96. The van der Waals surface area contributed by atoms with Crippen LogP contribution < -0.4 is 10.6 Å². The van der Waals surface area contributed by atoms with Gasteiger partial charge in [0.1, 0.15) is 0 Å². The molecule has 132 valence electrons. The highest BCUT2D eigenvalue weighted by Crippen LogP contribution is 2.07. The second kappa shape index (κ2) is 9.79. The Morgan fingerprint density at radius 1 is 0.885 bits per heavy atom. The Kier molecular flexibility index (Phi) is 7.13. The maximum Gasteiger partial charge on any atom is 0.251 e. The van der Waals surface area contributed by atoms with Gasteiger partial charge in [-0.2, -0.15) is 0 Å². The van der Waals surface area contributed by atoms with Crippen molar-refractivity contribution < 1.29 is 9.59 Å². The Morgan fingerprint density at radius 3 is 2.15 bits per heavy atom. The van der Waals surface area contributed by atoms with Crippen LogP contribution >= 0.6 is 0 Å². The fraction of sp³-hybridized carbons (Fsp3) is 0.0909. The number of carbonyl (C=O) groups is 2. The standard InChI is InChI=1S/C22H22N2O2/c1-3-9-19(4-2)21(25)23-15-17-10-8-11-18(14-17)16-24-22(26)20-12-6-5-7-13-20/h3-14H,1-2,15-16H2,(H,23,25)(H,24,26)/b19-9+. The molecule has 2 amide bonds. The number of hydrogen-bond acceptors (Lipinski definition) is 2. The van der Waals surface area contributed by atoms with Crippen LogP contribution in [-0.2, 0) is 17.9 Å². The lowest BCUT2D eigenvalue weighted by Crippen LogP contribution is -2.24. The average molecular weight is 346 g/mol. The minimum atomic E-state index is -0.206. The molecule has 0 fully saturated rings. The van der Waals surface area contributed by atoms with E-state index in [0.717, 1.165) is 11.1 Å². The first-order chi connectivity index (χ1) is 12.6. The summed E-state index contributed by atoms with van der Waals surface area (Å²) in [7, 11) is 0. The second-order valence-corrected chi connectivity index (χ2v) is 5.61. The summed E-state index contributed by atoms with van der Waals surface area (Å²) in [6.07, 6.45) is 4.65. The van der Waals surface area contributed by atoms with Crippen LogP contribution in [-0.4, -0.2) is 11.8 Å². The molecule has 0 aliphatic rings. The molecule has 4 nitrogen and oxygen atoms in total. The summed E-state index contributed by atoms with van der Waals surface area (Å²) in [5.74, 6) is -0.322. The SMILES string of the molecule is C=C/C=C(\C=C)C(=O)NCc1cccc(CNC(=O)c2ccccc2)c1. The molecule has 2 rings (SSSR count). The largest absolute Gasteiger partial charge is 0.348 e. The highest BCUT2D eigenvalue weighted by atomic mass is 16.2. The van der Waals surface area contributed by atoms with Crippen LogP contribution in [0.5, 0.6) is 0 Å². The molecule has 0 aromatic heterocycles. The fourth-order valence-electron chi connectivity index (χ4n) is 2.37. The predicted octanol–water partition coefficient (Wildman–Crippen LogP) is 3.53. The van der Waals surface area contributed by atoms with Gasteiger partial charge in [0.05, 0.1) is 0 Å². The highest BCUT2D eigenvalue weighted by Gasteiger charge is 2.06. The lowest BCUT2D eigenvalue weighted by atomic mass is 10.1. The molecular weight excluding hydrogens is 324 g/mol. The van der Waals surface area contributed by atoms with Crippen LogP contribution in [0.4, 0.5) is 0 Å². The van der Waals surface area contributed by atoms with E-state index < -0.39 is 0 Å². The van der Waals surface area contributed by atoms with Crippen molar-refractivity contribution in [1.82, 2.24) is 10.6 Å². The molecule has 4 heteroatoms. The average Bonchev–Trinajstić information content (AvgIpc) is 2.69. The number of allylic oxidation sites excluding steroid dienone is 2. The van der Waals surface area contributed by atoms with E-state index in [-0.39, 0.29) is 11.8 Å². The van der Waals surface area contributed by atoms with Crippen molar-refractivity contribution in [2.24, 2.45) is 0 Å². The van der Waals surface area contributed by atoms with Crippen molar-refractivity contribution >= 4 is 11.8 Å². The minimum Gasteiger partial charge on any atom is -0.348 e. The van der Waals surface area contributed by atoms with Crippen molar-refractivity contribution in [3.8, 4) is 0 Å². The minimum absolute atomic E-state index is 0.116. The van der Waals surface area contributed by atoms with E-state index in [9.17, 15) is 9.59 Å². The maximum absolute atomic E-state index is 12.1. The van der Waals surface area contributed by atoms with Gasteiger partial charge in [-0.25, -0.2) is 0 Å². The van der Waals surface area contributed by atoms with Gasteiger partial charge in [-0.05, 0) is 23.3 Å². The molecule has 0 saturated carbocycles. The van der Waals surface area contributed by atoms with Crippen LogP contribution in [0.2, 0.25) is 0 Å². The molecule has 0 radical (unpaired) electrons. The van der Waals surface area contributed by atoms with Crippen LogP contribution in [0.25, 0.3) is 0 Å². The molecule has 0 heterocycles. The zero-order chi connectivity index (χ0) is 18.8. The first-order valence-corrected chi connectivity index (χ1v) is 8.28. The third kappa shape index (κ3) is 5.60. The van der Waals surface area contributed by atoms with Gasteiger partial charge in [0.2, 0.25) is 0 Å². The molecule has 0 bridgehead atoms. The zero-order valence-corrected chi connectivity index (χ0v) is 14.6. The lowest BCUT2D eigenvalue weighted by molar-refractivity contribution is -0.117. The lowest BCUT2D eigenvalue weighted by Gasteiger charge is -2.09. The van der Waals surface area contributed by atoms with Gasteiger partial charge in [-0.15, -0.1) is 0 Å². The molecule has 0 aliphatic carbocycles. The summed E-state index contributed by atoms with van der Waals surface area (Å²) in [5, 5.41) is 5.73. The number of nitrogens with one attached hydrogen (secondary N) is 2. The summed E-state index contributed by atoms with van der Waals surface area (Å²) in [4.78, 5) is 24.1. The van der Waals surface area contributed by atoms with E-state index in [2.05, 4.69) is 23.8 Å². The van der Waals surface area contributed by atoms with Crippen LogP contribution in [0, 0.1) is 0 Å². The Bertz CT molecular complexity index is 823. The Morgan fingerprint density at radius 2 is 1.54 bits per heavy atom. The molecule has 0 unspecified atom stereocenters. The summed E-state index contributed by atoms with van der Waals surface area (Å²) >= 11 is 0. The first kappa shape index (κ1) is 18.9. The summed E-state index contributed by atoms with van der Waals surface area (Å²) in [6, 6.07) is 16.8. The van der Waals surface area contributed by atoms with Gasteiger partial charge in [-0.1, -0.05) is 73.9 Å². The molecule has 2 N–H and O–H groups in total. The Balaban J connectivity index is 1.92. The van der Waals surface area contributed by atoms with E-state index in [1.165, 1.54) is 6.08 Å². The topological polar surface area (TPSA) is 58.2 Å². The molecular formula is C22H22N2O2. The number of rotatable bonds is 8. The van der Waals surface area contributed by atoms with Crippen molar-refractivity contribution in [3.63, 3.8) is 0 Å².